The molecule has 49 heavy (non-hydrogen) atoms. The summed E-state index contributed by atoms with van der Waals surface area (Å²) >= 11 is 0. The number of hydrogen-bond acceptors (Lipinski definition) is 6. The van der Waals surface area contributed by atoms with Gasteiger partial charge in [0.05, 0.1) is 25.4 Å². The van der Waals surface area contributed by atoms with E-state index in [0.29, 0.717) is 12.8 Å². The number of nitrogens with one attached hydrogen (secondary N) is 1. The van der Waals surface area contributed by atoms with Crippen molar-refractivity contribution in [3.8, 4) is 0 Å². The highest BCUT2D eigenvalue weighted by molar-refractivity contribution is 7.47. The Kier molecular flexibility index (Phi) is 36.9. The number of aliphatic hydroxyl groups excluding tert-OH is 1. The first-order chi connectivity index (χ1) is 23.9. The zero-order chi connectivity index (χ0) is 36.1. The van der Waals surface area contributed by atoms with Gasteiger partial charge in [-0.1, -0.05) is 200 Å². The lowest BCUT2D eigenvalue weighted by Crippen LogP contribution is -2.46. The molecule has 0 spiro atoms. The van der Waals surface area contributed by atoms with Crippen LogP contribution in [0.5, 0.6) is 0 Å². The van der Waals surface area contributed by atoms with E-state index in [1.165, 1.54) is 154 Å². The molecule has 1 unspecified atom stereocenters. The number of phosphoric ester groups is 1. The molecule has 0 rings (SSSR count). The summed E-state index contributed by atoms with van der Waals surface area (Å²) in [7, 11) is -4.30. The second kappa shape index (κ2) is 37.3. The van der Waals surface area contributed by atoms with Crippen LogP contribution in [0.15, 0.2) is 0 Å². The van der Waals surface area contributed by atoms with Crippen LogP contribution in [0.4, 0.5) is 0 Å². The Morgan fingerprint density at radius 3 is 1.31 bits per heavy atom. The minimum atomic E-state index is -4.30. The Morgan fingerprint density at radius 1 is 0.592 bits per heavy atom. The third kappa shape index (κ3) is 35.7. The number of rotatable bonds is 40. The van der Waals surface area contributed by atoms with Crippen molar-refractivity contribution in [3.63, 3.8) is 0 Å². The van der Waals surface area contributed by atoms with Gasteiger partial charge in [0.1, 0.15) is 0 Å². The first-order valence-corrected chi connectivity index (χ1v) is 22.6. The van der Waals surface area contributed by atoms with Crippen molar-refractivity contribution >= 4 is 13.7 Å². The Labute approximate surface area is 303 Å². The Balaban J connectivity index is 4.10. The molecule has 0 aromatic rings. The second-order valence-corrected chi connectivity index (χ2v) is 16.0. The van der Waals surface area contributed by atoms with E-state index in [-0.39, 0.29) is 25.7 Å². The lowest BCUT2D eigenvalue weighted by atomic mass is 10.0. The fourth-order valence-electron chi connectivity index (χ4n) is 6.49. The molecule has 0 radical (unpaired) electrons. The maximum Gasteiger partial charge on any atom is 0.472 e. The zero-order valence-electron chi connectivity index (χ0n) is 32.5. The van der Waals surface area contributed by atoms with Gasteiger partial charge in [-0.2, -0.15) is 0 Å². The highest BCUT2D eigenvalue weighted by Crippen LogP contribution is 2.43. The van der Waals surface area contributed by atoms with Gasteiger partial charge in [-0.15, -0.1) is 0 Å². The monoisotopic (exact) mass is 719 g/mol. The van der Waals surface area contributed by atoms with Crippen LogP contribution in [0.3, 0.4) is 0 Å². The molecule has 9 heteroatoms. The van der Waals surface area contributed by atoms with E-state index < -0.39 is 20.0 Å². The molecule has 294 valence electrons. The molecule has 0 aromatic carbocycles. The molecule has 0 aliphatic carbocycles. The van der Waals surface area contributed by atoms with Crippen molar-refractivity contribution < 1.29 is 28.4 Å². The number of aliphatic hydroxyl groups is 1. The number of carbonyl (C=O) groups is 1. The highest BCUT2D eigenvalue weighted by atomic mass is 31.2. The molecule has 0 bridgehead atoms. The maximum atomic E-state index is 12.7. The number of hydrogen-bond donors (Lipinski definition) is 4. The van der Waals surface area contributed by atoms with E-state index in [1.807, 2.05) is 0 Å². The van der Waals surface area contributed by atoms with Crippen LogP contribution in [0.1, 0.15) is 219 Å². The highest BCUT2D eigenvalue weighted by Gasteiger charge is 2.27. The number of amides is 1. The fourth-order valence-corrected chi connectivity index (χ4v) is 7.25. The van der Waals surface area contributed by atoms with Crippen LogP contribution in [0, 0.1) is 0 Å². The molecule has 0 saturated carbocycles. The number of unbranched alkanes of at least 4 members (excludes halogenated alkanes) is 28. The molecule has 3 atom stereocenters. The number of carbonyl (C=O) groups excluding carboxylic acids is 1. The van der Waals surface area contributed by atoms with E-state index in [1.54, 1.807) is 0 Å². The molecule has 0 aliphatic heterocycles. The SMILES string of the molecule is CCCCCCCCCCCCCCCCCCCCC(=O)N[C@@H](COP(=O)(O)OCCN)[C@H](O)CCCCCCCCCCCCCC. The summed E-state index contributed by atoms with van der Waals surface area (Å²) < 4.78 is 22.1. The van der Waals surface area contributed by atoms with Crippen LogP contribution >= 0.6 is 7.82 Å². The minimum absolute atomic E-state index is 0.0923. The van der Waals surface area contributed by atoms with Gasteiger partial charge in [0.25, 0.3) is 0 Å². The van der Waals surface area contributed by atoms with Crippen molar-refractivity contribution in [2.75, 3.05) is 19.8 Å². The third-order valence-electron chi connectivity index (χ3n) is 9.71. The summed E-state index contributed by atoms with van der Waals surface area (Å²) in [5.74, 6) is -0.158. The molecule has 5 N–H and O–H groups in total. The topological polar surface area (TPSA) is 131 Å². The first-order valence-electron chi connectivity index (χ1n) is 21.2. The summed E-state index contributed by atoms with van der Waals surface area (Å²) in [6, 6.07) is -0.766. The van der Waals surface area contributed by atoms with Gasteiger partial charge in [-0.05, 0) is 12.8 Å². The maximum absolute atomic E-state index is 12.7. The molecule has 0 saturated heterocycles. The summed E-state index contributed by atoms with van der Waals surface area (Å²) in [6.07, 6.45) is 38.2. The van der Waals surface area contributed by atoms with E-state index in [2.05, 4.69) is 19.2 Å². The summed E-state index contributed by atoms with van der Waals surface area (Å²) in [5.41, 5.74) is 5.37. The van der Waals surface area contributed by atoms with Gasteiger partial charge in [-0.25, -0.2) is 4.57 Å². The van der Waals surface area contributed by atoms with Gasteiger partial charge >= 0.3 is 7.82 Å². The number of nitrogens with two attached hydrogens (primary N) is 1. The average Bonchev–Trinajstić information content (AvgIpc) is 3.09. The summed E-state index contributed by atoms with van der Waals surface area (Å²) in [5, 5.41) is 13.8. The predicted octanol–water partition coefficient (Wildman–Crippen LogP) is 11.4. The van der Waals surface area contributed by atoms with Gasteiger partial charge < -0.3 is 21.1 Å². The molecular weight excluding hydrogens is 635 g/mol. The van der Waals surface area contributed by atoms with Gasteiger partial charge in [-0.3, -0.25) is 13.8 Å². The molecule has 0 fully saturated rings. The lowest BCUT2D eigenvalue weighted by molar-refractivity contribution is -0.123. The van der Waals surface area contributed by atoms with Gasteiger partial charge in [0.15, 0.2) is 0 Å². The van der Waals surface area contributed by atoms with Crippen molar-refractivity contribution in [1.29, 1.82) is 0 Å². The van der Waals surface area contributed by atoms with Crippen molar-refractivity contribution in [2.24, 2.45) is 5.73 Å². The molecule has 0 heterocycles. The Bertz CT molecular complexity index is 744. The smallest absolute Gasteiger partial charge is 0.391 e. The van der Waals surface area contributed by atoms with Crippen molar-refractivity contribution in [2.45, 2.75) is 231 Å². The quantitative estimate of drug-likeness (QED) is 0.0366. The van der Waals surface area contributed by atoms with E-state index >= 15 is 0 Å². The predicted molar refractivity (Wildman–Crippen MR) is 208 cm³/mol. The second-order valence-electron chi connectivity index (χ2n) is 14.6. The van der Waals surface area contributed by atoms with Crippen molar-refractivity contribution in [3.05, 3.63) is 0 Å². The van der Waals surface area contributed by atoms with Crippen LogP contribution in [-0.4, -0.2) is 47.8 Å². The van der Waals surface area contributed by atoms with E-state index in [4.69, 9.17) is 14.8 Å². The largest absolute Gasteiger partial charge is 0.472 e. The number of phosphoric acid groups is 1. The molecule has 0 aliphatic rings. The summed E-state index contributed by atoms with van der Waals surface area (Å²) in [4.78, 5) is 22.7. The normalized spacial score (nSPS) is 14.1. The first kappa shape index (κ1) is 48.5. The molecular formula is C40H83N2O6P. The van der Waals surface area contributed by atoms with Crippen LogP contribution in [0.2, 0.25) is 0 Å². The molecule has 8 nitrogen and oxygen atoms in total. The van der Waals surface area contributed by atoms with E-state index in [0.717, 1.165) is 38.5 Å². The third-order valence-corrected chi connectivity index (χ3v) is 10.7. The minimum Gasteiger partial charge on any atom is -0.391 e. The van der Waals surface area contributed by atoms with Crippen molar-refractivity contribution in [1.82, 2.24) is 5.32 Å². The van der Waals surface area contributed by atoms with Crippen LogP contribution in [-0.2, 0) is 18.4 Å². The lowest BCUT2D eigenvalue weighted by Gasteiger charge is -2.25. The summed E-state index contributed by atoms with van der Waals surface area (Å²) in [6.45, 7) is 4.22. The van der Waals surface area contributed by atoms with Crippen LogP contribution < -0.4 is 11.1 Å². The average molecular weight is 719 g/mol. The van der Waals surface area contributed by atoms with Crippen LogP contribution in [0.25, 0.3) is 0 Å². The Hall–Kier alpha value is -0.500. The van der Waals surface area contributed by atoms with Gasteiger partial charge in [0, 0.05) is 13.0 Å². The zero-order valence-corrected chi connectivity index (χ0v) is 33.3. The van der Waals surface area contributed by atoms with Gasteiger partial charge in [0.2, 0.25) is 5.91 Å². The fraction of sp³-hybridized carbons (Fsp3) is 0.975. The standard InChI is InChI=1S/C40H83N2O6P/c1-3-5-7-9-11-13-15-17-18-19-20-21-22-24-26-28-30-32-34-40(44)42-38(37-48-49(45,46)47-36-35-41)39(43)33-31-29-27-25-23-16-14-12-10-8-6-4-2/h38-39,43H,3-37,41H2,1-2H3,(H,42,44)(H,45,46)/t38-,39+/m0/s1. The van der Waals surface area contributed by atoms with E-state index in [9.17, 15) is 19.4 Å². The molecule has 1 amide bonds. The molecule has 0 aromatic heterocycles. The Morgan fingerprint density at radius 2 is 0.939 bits per heavy atom.